The van der Waals surface area contributed by atoms with E-state index in [1.54, 1.807) is 13.2 Å². The second kappa shape index (κ2) is 14.0. The Balaban J connectivity index is 0.00000312. The van der Waals surface area contributed by atoms with Crippen molar-refractivity contribution in [3.05, 3.63) is 58.6 Å². The molecule has 2 aromatic rings. The Morgan fingerprint density at radius 1 is 1.04 bits per heavy atom. The van der Waals surface area contributed by atoms with E-state index in [0.717, 1.165) is 36.4 Å². The minimum absolute atomic E-state index is 0. The molecule has 0 aliphatic carbocycles. The Morgan fingerprint density at radius 3 is 2.42 bits per heavy atom. The predicted octanol–water partition coefficient (Wildman–Crippen LogP) is 4.47. The zero-order chi connectivity index (χ0) is 17.2. The van der Waals surface area contributed by atoms with Crippen LogP contribution in [0.2, 0.25) is 5.02 Å². The molecule has 0 heterocycles. The molecule has 0 saturated carbocycles. The van der Waals surface area contributed by atoms with Gasteiger partial charge in [-0.15, -0.1) is 24.8 Å². The first kappa shape index (κ1) is 24.8. The highest BCUT2D eigenvalue weighted by molar-refractivity contribution is 6.30. The van der Waals surface area contributed by atoms with Gasteiger partial charge in [0.25, 0.3) is 0 Å². The summed E-state index contributed by atoms with van der Waals surface area (Å²) < 4.78 is 11.5. The third-order valence-corrected chi connectivity index (χ3v) is 3.86. The van der Waals surface area contributed by atoms with Crippen LogP contribution in [0.4, 0.5) is 0 Å². The molecule has 2 aromatic carbocycles. The van der Waals surface area contributed by atoms with Crippen molar-refractivity contribution in [2.45, 2.75) is 19.6 Å². The summed E-state index contributed by atoms with van der Waals surface area (Å²) in [6.45, 7) is 3.09. The first-order valence-corrected chi connectivity index (χ1v) is 8.51. The van der Waals surface area contributed by atoms with Crippen LogP contribution in [-0.4, -0.2) is 27.2 Å². The highest BCUT2D eigenvalue weighted by atomic mass is 35.5. The minimum Gasteiger partial charge on any atom is -0.493 e. The van der Waals surface area contributed by atoms with E-state index in [-0.39, 0.29) is 24.8 Å². The van der Waals surface area contributed by atoms with Gasteiger partial charge in [0.05, 0.1) is 7.11 Å². The molecule has 0 atom stereocenters. The average Bonchev–Trinajstić information content (AvgIpc) is 2.61. The maximum atomic E-state index is 6.21. The summed E-state index contributed by atoms with van der Waals surface area (Å²) in [5.41, 5.74) is 2.11. The first-order valence-electron chi connectivity index (χ1n) is 8.13. The van der Waals surface area contributed by atoms with Crippen LogP contribution in [0.5, 0.6) is 11.5 Å². The molecule has 26 heavy (non-hydrogen) atoms. The predicted molar refractivity (Wildman–Crippen MR) is 114 cm³/mol. The lowest BCUT2D eigenvalue weighted by Crippen LogP contribution is -2.20. The van der Waals surface area contributed by atoms with E-state index in [1.165, 1.54) is 0 Å². The number of methoxy groups -OCH3 is 1. The van der Waals surface area contributed by atoms with Crippen molar-refractivity contribution in [3.63, 3.8) is 0 Å². The molecule has 0 saturated heterocycles. The van der Waals surface area contributed by atoms with Crippen LogP contribution in [0.25, 0.3) is 0 Å². The molecule has 2 rings (SSSR count). The summed E-state index contributed by atoms with van der Waals surface area (Å²) in [5, 5.41) is 7.20. The number of rotatable bonds is 10. The zero-order valence-electron chi connectivity index (χ0n) is 15.1. The molecule has 0 spiro atoms. The highest BCUT2D eigenvalue weighted by Crippen LogP contribution is 2.35. The number of hydrogen-bond donors (Lipinski definition) is 2. The van der Waals surface area contributed by atoms with Gasteiger partial charge in [-0.3, -0.25) is 0 Å². The molecule has 0 aliphatic heterocycles. The number of benzene rings is 2. The number of hydrogen-bond acceptors (Lipinski definition) is 4. The Labute approximate surface area is 173 Å². The molecule has 0 bridgehead atoms. The number of halogens is 3. The van der Waals surface area contributed by atoms with Crippen molar-refractivity contribution in [2.24, 2.45) is 0 Å². The van der Waals surface area contributed by atoms with Crippen molar-refractivity contribution in [1.82, 2.24) is 10.6 Å². The van der Waals surface area contributed by atoms with E-state index in [2.05, 4.69) is 10.6 Å². The monoisotopic (exact) mass is 420 g/mol. The minimum atomic E-state index is 0. The highest BCUT2D eigenvalue weighted by Gasteiger charge is 2.13. The summed E-state index contributed by atoms with van der Waals surface area (Å²) in [6.07, 6.45) is 1.06. The van der Waals surface area contributed by atoms with Crippen molar-refractivity contribution in [1.29, 1.82) is 0 Å². The van der Waals surface area contributed by atoms with Crippen molar-refractivity contribution in [3.8, 4) is 11.5 Å². The molecule has 7 heteroatoms. The molecular weight excluding hydrogens is 395 g/mol. The molecule has 0 aliphatic rings. The topological polar surface area (TPSA) is 42.5 Å². The van der Waals surface area contributed by atoms with Crippen molar-refractivity contribution >= 4 is 36.4 Å². The molecule has 0 unspecified atom stereocenters. The fourth-order valence-electron chi connectivity index (χ4n) is 2.41. The standard InChI is InChI=1S/C19H25ClN2O2.2ClH/c1-21-9-6-10-22-13-16-11-17(20)12-18(23-2)19(16)24-14-15-7-4-3-5-8-15;;/h3-5,7-8,11-12,21-22H,6,9-10,13-14H2,1-2H3;2*1H. The van der Waals surface area contributed by atoms with Gasteiger partial charge in [0.2, 0.25) is 0 Å². The van der Waals surface area contributed by atoms with E-state index in [0.29, 0.717) is 23.9 Å². The van der Waals surface area contributed by atoms with Crippen LogP contribution >= 0.6 is 36.4 Å². The van der Waals surface area contributed by atoms with Gasteiger partial charge in [-0.2, -0.15) is 0 Å². The molecule has 0 fully saturated rings. The van der Waals surface area contributed by atoms with Gasteiger partial charge in [-0.25, -0.2) is 0 Å². The summed E-state index contributed by atoms with van der Waals surface area (Å²) in [6, 6.07) is 13.8. The van der Waals surface area contributed by atoms with Gasteiger partial charge in [0.1, 0.15) is 6.61 Å². The van der Waals surface area contributed by atoms with Crippen LogP contribution in [-0.2, 0) is 13.2 Å². The fourth-order valence-corrected chi connectivity index (χ4v) is 2.64. The van der Waals surface area contributed by atoms with E-state index < -0.39 is 0 Å². The van der Waals surface area contributed by atoms with E-state index in [9.17, 15) is 0 Å². The van der Waals surface area contributed by atoms with E-state index in [4.69, 9.17) is 21.1 Å². The summed E-state index contributed by atoms with van der Waals surface area (Å²) in [7, 11) is 3.59. The third-order valence-electron chi connectivity index (χ3n) is 3.64. The lowest BCUT2D eigenvalue weighted by Gasteiger charge is -2.16. The molecule has 0 amide bonds. The molecular formula is C19H27Cl3N2O2. The Bertz CT molecular complexity index is 628. The summed E-state index contributed by atoms with van der Waals surface area (Å²) in [5.74, 6) is 1.40. The summed E-state index contributed by atoms with van der Waals surface area (Å²) >= 11 is 6.21. The average molecular weight is 422 g/mol. The maximum Gasteiger partial charge on any atom is 0.166 e. The van der Waals surface area contributed by atoms with Crippen LogP contribution in [0.1, 0.15) is 17.5 Å². The quantitative estimate of drug-likeness (QED) is 0.555. The van der Waals surface area contributed by atoms with Gasteiger partial charge in [0.15, 0.2) is 11.5 Å². The van der Waals surface area contributed by atoms with Crippen molar-refractivity contribution < 1.29 is 9.47 Å². The van der Waals surface area contributed by atoms with Crippen LogP contribution < -0.4 is 20.1 Å². The Hall–Kier alpha value is -1.17. The Morgan fingerprint density at radius 2 is 1.77 bits per heavy atom. The summed E-state index contributed by atoms with van der Waals surface area (Å²) in [4.78, 5) is 0. The molecule has 0 aromatic heterocycles. The van der Waals surface area contributed by atoms with Gasteiger partial charge in [-0.05, 0) is 38.2 Å². The van der Waals surface area contributed by atoms with Gasteiger partial charge >= 0.3 is 0 Å². The molecule has 4 nitrogen and oxygen atoms in total. The second-order valence-electron chi connectivity index (χ2n) is 5.50. The third kappa shape index (κ3) is 8.02. The van der Waals surface area contributed by atoms with Gasteiger partial charge < -0.3 is 20.1 Å². The lowest BCUT2D eigenvalue weighted by atomic mass is 10.1. The molecule has 2 N–H and O–H groups in total. The first-order chi connectivity index (χ1) is 11.7. The van der Waals surface area contributed by atoms with Crippen LogP contribution in [0.15, 0.2) is 42.5 Å². The maximum absolute atomic E-state index is 6.21. The molecule has 0 radical (unpaired) electrons. The van der Waals surface area contributed by atoms with E-state index in [1.807, 2.05) is 43.4 Å². The SMILES string of the molecule is CNCCCNCc1cc(Cl)cc(OC)c1OCc1ccccc1.Cl.Cl. The van der Waals surface area contributed by atoms with Crippen molar-refractivity contribution in [2.75, 3.05) is 27.2 Å². The zero-order valence-corrected chi connectivity index (χ0v) is 17.5. The second-order valence-corrected chi connectivity index (χ2v) is 5.94. The number of ether oxygens (including phenoxy) is 2. The smallest absolute Gasteiger partial charge is 0.166 e. The van der Waals surface area contributed by atoms with Crippen LogP contribution in [0, 0.1) is 0 Å². The van der Waals surface area contributed by atoms with Crippen LogP contribution in [0.3, 0.4) is 0 Å². The van der Waals surface area contributed by atoms with Gasteiger partial charge in [-0.1, -0.05) is 41.9 Å². The lowest BCUT2D eigenvalue weighted by molar-refractivity contribution is 0.280. The largest absolute Gasteiger partial charge is 0.493 e. The Kier molecular flexibility index (Phi) is 13.3. The number of nitrogens with one attached hydrogen (secondary N) is 2. The normalized spacial score (nSPS) is 9.81. The fraction of sp³-hybridized carbons (Fsp3) is 0.368. The molecule has 146 valence electrons. The van der Waals surface area contributed by atoms with Gasteiger partial charge in [0, 0.05) is 23.2 Å². The van der Waals surface area contributed by atoms with E-state index >= 15 is 0 Å².